The molecule has 73 heavy (non-hydrogen) atoms. The average Bonchev–Trinajstić information content (AvgIpc) is 3.88. The van der Waals surface area contributed by atoms with Crippen molar-refractivity contribution in [3.8, 4) is 73.2 Å². The summed E-state index contributed by atoms with van der Waals surface area (Å²) in [7, 11) is 0. The molecule has 2 aromatic heterocycles. The summed E-state index contributed by atoms with van der Waals surface area (Å²) in [5.41, 5.74) is 17.7. The Kier molecular flexibility index (Phi) is 10.1. The van der Waals surface area contributed by atoms with Gasteiger partial charge in [-0.25, -0.2) is 15.0 Å². The molecule has 0 aliphatic heterocycles. The van der Waals surface area contributed by atoms with Crippen molar-refractivity contribution >= 4 is 32.6 Å². The van der Waals surface area contributed by atoms with Gasteiger partial charge in [0.25, 0.3) is 0 Å². The monoisotopic (exact) mass is 942 g/mol. The molecule has 0 saturated heterocycles. The second-order valence-corrected chi connectivity index (χ2v) is 22.5. The molecule has 2 saturated carbocycles. The van der Waals surface area contributed by atoms with E-state index >= 15 is 0 Å². The minimum absolute atomic E-state index is 0.223. The first-order valence-electron chi connectivity index (χ1n) is 26.5. The second kappa shape index (κ2) is 16.8. The molecule has 2 fully saturated rings. The zero-order chi connectivity index (χ0) is 49.0. The van der Waals surface area contributed by atoms with Crippen LogP contribution in [0.4, 0.5) is 0 Å². The van der Waals surface area contributed by atoms with Crippen LogP contribution in [0.2, 0.25) is 0 Å². The quantitative estimate of drug-likeness (QED) is 0.160. The minimum Gasteiger partial charge on any atom is -0.309 e. The Hall–Kier alpha value is -7.95. The van der Waals surface area contributed by atoms with Gasteiger partial charge in [-0.15, -0.1) is 0 Å². The zero-order valence-corrected chi connectivity index (χ0v) is 42.1. The van der Waals surface area contributed by atoms with Gasteiger partial charge in [0.2, 0.25) is 0 Å². The number of hydrogen-bond acceptors (Lipinski definition) is 3. The van der Waals surface area contributed by atoms with E-state index in [0.29, 0.717) is 17.5 Å². The summed E-state index contributed by atoms with van der Waals surface area (Å²) in [5.74, 6) is 4.30. The van der Waals surface area contributed by atoms with E-state index in [-0.39, 0.29) is 10.8 Å². The normalized spacial score (nSPS) is 19.8. The van der Waals surface area contributed by atoms with Gasteiger partial charge in [0.15, 0.2) is 17.5 Å². The molecular formula is C69H58N4. The lowest BCUT2D eigenvalue weighted by Crippen LogP contribution is -2.42. The third-order valence-electron chi connectivity index (χ3n) is 17.2. The lowest BCUT2D eigenvalue weighted by molar-refractivity contribution is 0.0780. The van der Waals surface area contributed by atoms with Crippen LogP contribution < -0.4 is 0 Å². The van der Waals surface area contributed by atoms with Gasteiger partial charge in [-0.2, -0.15) is 0 Å². The molecular weight excluding hydrogens is 885 g/mol. The number of rotatable bonds is 7. The third kappa shape index (κ3) is 7.20. The first-order chi connectivity index (χ1) is 35.7. The van der Waals surface area contributed by atoms with Crippen molar-refractivity contribution in [1.82, 2.24) is 19.5 Å². The Morgan fingerprint density at radius 1 is 0.411 bits per heavy atom. The van der Waals surface area contributed by atoms with Crippen LogP contribution in [0.15, 0.2) is 200 Å². The first kappa shape index (κ1) is 43.8. The van der Waals surface area contributed by atoms with Gasteiger partial charge in [0.1, 0.15) is 0 Å². The van der Waals surface area contributed by atoms with E-state index in [1.165, 1.54) is 81.6 Å². The van der Waals surface area contributed by atoms with Crippen molar-refractivity contribution in [2.45, 2.75) is 70.6 Å². The van der Waals surface area contributed by atoms with Gasteiger partial charge in [-0.1, -0.05) is 179 Å². The maximum Gasteiger partial charge on any atom is 0.164 e. The van der Waals surface area contributed by atoms with Crippen molar-refractivity contribution < 1.29 is 0 Å². The highest BCUT2D eigenvalue weighted by atomic mass is 15.0. The molecule has 354 valence electrons. The van der Waals surface area contributed by atoms with Gasteiger partial charge >= 0.3 is 0 Å². The van der Waals surface area contributed by atoms with Crippen molar-refractivity contribution in [1.29, 1.82) is 0 Å². The highest BCUT2D eigenvalue weighted by Crippen LogP contribution is 2.55. The highest BCUT2D eigenvalue weighted by molar-refractivity contribution is 6.11. The summed E-state index contributed by atoms with van der Waals surface area (Å²) in [4.78, 5) is 16.7. The van der Waals surface area contributed by atoms with Gasteiger partial charge in [-0.3, -0.25) is 0 Å². The van der Waals surface area contributed by atoms with E-state index in [4.69, 9.17) is 15.0 Å². The maximum atomic E-state index is 5.60. The Morgan fingerprint density at radius 2 is 0.973 bits per heavy atom. The standard InChI is InChI=1S/C69H58N4/c1-43-33-45-34-44(2)41-69(40-43,42-45)52-30-27-47(28-31-52)50-35-49(46-17-7-5-8-18-46)36-51(37-50)66-70-65(48-29-32-56-55-22-14-16-26-62(55)73(63(56)38-48)53-19-9-6-10-20-53)71-67(72-66)59-39-61-64(57-23-12-11-21-54(57)59)58-24-13-15-25-60(58)68(61,3)4/h5-32,35-39,43-45H,33-34,40-42H2,1-4H3. The van der Waals surface area contributed by atoms with Gasteiger partial charge in [-0.05, 0) is 165 Å². The van der Waals surface area contributed by atoms with Crippen molar-refractivity contribution in [3.05, 3.63) is 217 Å². The molecule has 0 amide bonds. The van der Waals surface area contributed by atoms with E-state index in [2.05, 4.69) is 232 Å². The Morgan fingerprint density at radius 3 is 1.71 bits per heavy atom. The van der Waals surface area contributed by atoms with Gasteiger partial charge in [0, 0.05) is 38.6 Å². The molecule has 0 spiro atoms. The van der Waals surface area contributed by atoms with Crippen LogP contribution in [0.3, 0.4) is 0 Å². The molecule has 0 N–H and O–H groups in total. The van der Waals surface area contributed by atoms with E-state index in [1.807, 2.05) is 0 Å². The van der Waals surface area contributed by atoms with Crippen LogP contribution in [-0.2, 0) is 10.8 Å². The maximum absolute atomic E-state index is 5.60. The number of hydrogen-bond donors (Lipinski definition) is 0. The van der Waals surface area contributed by atoms with Crippen molar-refractivity contribution in [2.24, 2.45) is 17.8 Å². The molecule has 0 radical (unpaired) electrons. The summed E-state index contributed by atoms with van der Waals surface area (Å²) in [6, 6.07) is 73.6. The molecule has 14 rings (SSSR count). The predicted octanol–water partition coefficient (Wildman–Crippen LogP) is 17.9. The first-order valence-corrected chi connectivity index (χ1v) is 26.5. The summed E-state index contributed by atoms with van der Waals surface area (Å²) in [6.07, 6.45) is 6.65. The molecule has 9 aromatic carbocycles. The summed E-state index contributed by atoms with van der Waals surface area (Å²) in [5, 5.41) is 4.73. The Labute approximate surface area is 428 Å². The molecule has 3 aliphatic rings. The summed E-state index contributed by atoms with van der Waals surface area (Å²) < 4.78 is 2.37. The molecule has 2 heterocycles. The van der Waals surface area contributed by atoms with E-state index in [1.54, 1.807) is 0 Å². The summed E-state index contributed by atoms with van der Waals surface area (Å²) >= 11 is 0. The number of para-hydroxylation sites is 2. The van der Waals surface area contributed by atoms with E-state index in [0.717, 1.165) is 73.2 Å². The van der Waals surface area contributed by atoms with Crippen LogP contribution in [-0.4, -0.2) is 19.5 Å². The average molecular weight is 943 g/mol. The van der Waals surface area contributed by atoms with Gasteiger partial charge in [0.05, 0.1) is 11.0 Å². The largest absolute Gasteiger partial charge is 0.309 e. The SMILES string of the molecule is CC1CC2CC(C)CC(c3ccc(-c4cc(-c5ccccc5)cc(-c5nc(-c6ccc7c8ccccc8n(-c8ccccc8)c7c6)nc(-c6cc7c(c8ccccc68)-c6ccccc6C7(C)C)n5)c4)cc3)(C1)C2. The summed E-state index contributed by atoms with van der Waals surface area (Å²) in [6.45, 7) is 9.67. The fourth-order valence-corrected chi connectivity index (χ4v) is 14.2. The van der Waals surface area contributed by atoms with Crippen LogP contribution >= 0.6 is 0 Å². The van der Waals surface area contributed by atoms with Crippen LogP contribution in [0.1, 0.15) is 76.5 Å². The highest BCUT2D eigenvalue weighted by Gasteiger charge is 2.45. The van der Waals surface area contributed by atoms with Crippen LogP contribution in [0, 0.1) is 17.8 Å². The van der Waals surface area contributed by atoms with E-state index in [9.17, 15) is 0 Å². The Balaban J connectivity index is 0.989. The minimum atomic E-state index is -0.223. The predicted molar refractivity (Wildman–Crippen MR) is 303 cm³/mol. The molecule has 3 aliphatic carbocycles. The molecule has 2 unspecified atom stereocenters. The number of fused-ring (bicyclic) bond motifs is 10. The molecule has 4 heteroatoms. The third-order valence-corrected chi connectivity index (χ3v) is 17.2. The fourth-order valence-electron chi connectivity index (χ4n) is 14.2. The number of nitrogens with zero attached hydrogens (tertiary/aromatic N) is 4. The second-order valence-electron chi connectivity index (χ2n) is 22.5. The lowest BCUT2D eigenvalue weighted by atomic mass is 9.54. The molecule has 2 atom stereocenters. The van der Waals surface area contributed by atoms with Crippen LogP contribution in [0.25, 0.3) is 106 Å². The molecule has 4 nitrogen and oxygen atoms in total. The lowest BCUT2D eigenvalue weighted by Gasteiger charge is -2.50. The Bertz CT molecular complexity index is 3940. The number of aromatic nitrogens is 4. The molecule has 11 aromatic rings. The van der Waals surface area contributed by atoms with Gasteiger partial charge < -0.3 is 4.57 Å². The van der Waals surface area contributed by atoms with Crippen molar-refractivity contribution in [2.75, 3.05) is 0 Å². The topological polar surface area (TPSA) is 43.6 Å². The van der Waals surface area contributed by atoms with E-state index < -0.39 is 0 Å². The van der Waals surface area contributed by atoms with Crippen LogP contribution in [0.5, 0.6) is 0 Å². The smallest absolute Gasteiger partial charge is 0.164 e. The molecule has 2 bridgehead atoms. The number of benzene rings is 9. The fraction of sp³-hybridized carbons (Fsp3) is 0.203. The van der Waals surface area contributed by atoms with Crippen molar-refractivity contribution in [3.63, 3.8) is 0 Å². The zero-order valence-electron chi connectivity index (χ0n) is 42.1.